The van der Waals surface area contributed by atoms with E-state index in [0.717, 1.165) is 25.9 Å². The van der Waals surface area contributed by atoms with Crippen LogP contribution in [0, 0.1) is 11.3 Å². The number of hydrogen-bond acceptors (Lipinski definition) is 5. The van der Waals surface area contributed by atoms with Crippen molar-refractivity contribution in [3.05, 3.63) is 28.8 Å². The minimum atomic E-state index is -0.503. The summed E-state index contributed by atoms with van der Waals surface area (Å²) in [5, 5.41) is 14.9. The fraction of sp³-hybridized carbons (Fsp3) is 0.550. The van der Waals surface area contributed by atoms with Crippen LogP contribution in [0.5, 0.6) is 0 Å². The fourth-order valence-electron chi connectivity index (χ4n) is 2.94. The van der Waals surface area contributed by atoms with Gasteiger partial charge in [-0.3, -0.25) is 4.79 Å². The summed E-state index contributed by atoms with van der Waals surface area (Å²) in [5.74, 6) is -0.102. The Morgan fingerprint density at radius 3 is 2.57 bits per heavy atom. The number of benzene rings is 1. The highest BCUT2D eigenvalue weighted by Gasteiger charge is 2.23. The van der Waals surface area contributed by atoms with Crippen molar-refractivity contribution in [2.75, 3.05) is 25.0 Å². The van der Waals surface area contributed by atoms with E-state index in [1.54, 1.807) is 18.2 Å². The van der Waals surface area contributed by atoms with Gasteiger partial charge in [-0.05, 0) is 51.8 Å². The van der Waals surface area contributed by atoms with Gasteiger partial charge in [0.25, 0.3) is 0 Å². The zero-order valence-electron chi connectivity index (χ0n) is 16.5. The summed E-state index contributed by atoms with van der Waals surface area (Å²) >= 11 is 5.98. The van der Waals surface area contributed by atoms with Gasteiger partial charge in [0.05, 0.1) is 10.6 Å². The van der Waals surface area contributed by atoms with Crippen LogP contribution in [-0.2, 0) is 9.53 Å². The van der Waals surface area contributed by atoms with Gasteiger partial charge >= 0.3 is 6.09 Å². The number of alkyl carbamates (subject to hydrolysis) is 1. The van der Waals surface area contributed by atoms with E-state index in [9.17, 15) is 9.59 Å². The lowest BCUT2D eigenvalue weighted by Crippen LogP contribution is -2.46. The second kappa shape index (κ2) is 9.76. The Balaban J connectivity index is 1.69. The molecule has 0 atom stereocenters. The van der Waals surface area contributed by atoms with Gasteiger partial charge in [0.15, 0.2) is 0 Å². The molecule has 0 saturated carbocycles. The van der Waals surface area contributed by atoms with Crippen molar-refractivity contribution >= 4 is 29.3 Å². The molecule has 7 nitrogen and oxygen atoms in total. The number of rotatable bonds is 5. The van der Waals surface area contributed by atoms with Crippen LogP contribution in [-0.4, -0.2) is 48.2 Å². The van der Waals surface area contributed by atoms with Crippen LogP contribution in [0.15, 0.2) is 18.2 Å². The number of nitrogens with one attached hydrogen (secondary N) is 2. The summed E-state index contributed by atoms with van der Waals surface area (Å²) in [6.07, 6.45) is 1.63. The molecule has 0 bridgehead atoms. The van der Waals surface area contributed by atoms with Crippen molar-refractivity contribution < 1.29 is 14.3 Å². The standard InChI is InChI=1S/C20H27ClN4O3/c1-20(2,3)28-19(27)24-15-6-9-25(10-7-15)11-8-18(26)23-16-5-4-14(13-22)17(21)12-16/h4-5,12,15H,6-11H2,1-3H3,(H,23,26)(H,24,27). The van der Waals surface area contributed by atoms with Crippen LogP contribution in [0.4, 0.5) is 10.5 Å². The Morgan fingerprint density at radius 1 is 1.32 bits per heavy atom. The first-order chi connectivity index (χ1) is 13.2. The number of carbonyl (C=O) groups is 2. The van der Waals surface area contributed by atoms with Crippen LogP contribution in [0.1, 0.15) is 45.6 Å². The first kappa shape index (κ1) is 22.0. The zero-order chi connectivity index (χ0) is 20.7. The molecule has 2 N–H and O–H groups in total. The van der Waals surface area contributed by atoms with Crippen molar-refractivity contribution in [2.45, 2.75) is 51.7 Å². The van der Waals surface area contributed by atoms with Crippen molar-refractivity contribution in [2.24, 2.45) is 0 Å². The van der Waals surface area contributed by atoms with E-state index >= 15 is 0 Å². The fourth-order valence-corrected chi connectivity index (χ4v) is 3.16. The molecule has 2 amide bonds. The number of likely N-dealkylation sites (tertiary alicyclic amines) is 1. The Hall–Kier alpha value is -2.30. The predicted octanol–water partition coefficient (Wildman–Crippen LogP) is 3.53. The smallest absolute Gasteiger partial charge is 0.407 e. The molecule has 1 fully saturated rings. The number of hydrogen-bond donors (Lipinski definition) is 2. The first-order valence-electron chi connectivity index (χ1n) is 9.37. The van der Waals surface area contributed by atoms with Gasteiger partial charge in [0, 0.05) is 37.8 Å². The van der Waals surface area contributed by atoms with E-state index in [-0.39, 0.29) is 18.0 Å². The van der Waals surface area contributed by atoms with Crippen LogP contribution in [0.2, 0.25) is 5.02 Å². The zero-order valence-corrected chi connectivity index (χ0v) is 17.3. The monoisotopic (exact) mass is 406 g/mol. The summed E-state index contributed by atoms with van der Waals surface area (Å²) in [4.78, 5) is 26.2. The average molecular weight is 407 g/mol. The van der Waals surface area contributed by atoms with Crippen molar-refractivity contribution in [3.63, 3.8) is 0 Å². The third-order valence-electron chi connectivity index (χ3n) is 4.34. The number of nitriles is 1. The lowest BCUT2D eigenvalue weighted by molar-refractivity contribution is -0.116. The average Bonchev–Trinajstić information content (AvgIpc) is 2.59. The molecular weight excluding hydrogens is 380 g/mol. The van der Waals surface area contributed by atoms with Gasteiger partial charge in [-0.15, -0.1) is 0 Å². The largest absolute Gasteiger partial charge is 0.444 e. The summed E-state index contributed by atoms with van der Waals surface area (Å²) in [7, 11) is 0. The van der Waals surface area contributed by atoms with E-state index in [2.05, 4.69) is 15.5 Å². The van der Waals surface area contributed by atoms with E-state index in [1.807, 2.05) is 26.8 Å². The summed E-state index contributed by atoms with van der Waals surface area (Å²) in [6, 6.07) is 6.90. The van der Waals surface area contributed by atoms with Crippen LogP contribution < -0.4 is 10.6 Å². The highest BCUT2D eigenvalue weighted by atomic mass is 35.5. The van der Waals surface area contributed by atoms with Crippen LogP contribution in [0.3, 0.4) is 0 Å². The van der Waals surface area contributed by atoms with E-state index < -0.39 is 5.60 Å². The molecule has 28 heavy (non-hydrogen) atoms. The molecule has 2 rings (SSSR count). The Morgan fingerprint density at radius 2 is 2.00 bits per heavy atom. The topological polar surface area (TPSA) is 94.5 Å². The van der Waals surface area contributed by atoms with Crippen molar-refractivity contribution in [3.8, 4) is 6.07 Å². The molecule has 152 valence electrons. The maximum Gasteiger partial charge on any atom is 0.407 e. The van der Waals surface area contributed by atoms with Crippen LogP contribution in [0.25, 0.3) is 0 Å². The molecule has 1 aromatic carbocycles. The highest BCUT2D eigenvalue weighted by Crippen LogP contribution is 2.20. The normalized spacial score (nSPS) is 15.5. The summed E-state index contributed by atoms with van der Waals surface area (Å²) < 4.78 is 5.28. The molecule has 0 aromatic heterocycles. The molecule has 0 radical (unpaired) electrons. The number of anilines is 1. The third kappa shape index (κ3) is 7.37. The van der Waals surface area contributed by atoms with Crippen molar-refractivity contribution in [1.82, 2.24) is 10.2 Å². The maximum atomic E-state index is 12.1. The number of carbonyl (C=O) groups excluding carboxylic acids is 2. The molecule has 0 spiro atoms. The van der Waals surface area contributed by atoms with Gasteiger partial charge in [0.1, 0.15) is 11.7 Å². The summed E-state index contributed by atoms with van der Waals surface area (Å²) in [5.41, 5.74) is 0.453. The number of piperidine rings is 1. The van der Waals surface area contributed by atoms with E-state index in [1.165, 1.54) is 0 Å². The SMILES string of the molecule is CC(C)(C)OC(=O)NC1CCN(CCC(=O)Nc2ccc(C#N)c(Cl)c2)CC1. The second-order valence-corrected chi connectivity index (χ2v) is 8.27. The van der Waals surface area contributed by atoms with Gasteiger partial charge in [-0.1, -0.05) is 11.6 Å². The molecule has 8 heteroatoms. The van der Waals surface area contributed by atoms with E-state index in [0.29, 0.717) is 29.2 Å². The number of halogens is 1. The van der Waals surface area contributed by atoms with Gasteiger partial charge in [-0.25, -0.2) is 4.79 Å². The second-order valence-electron chi connectivity index (χ2n) is 7.87. The third-order valence-corrected chi connectivity index (χ3v) is 4.65. The first-order valence-corrected chi connectivity index (χ1v) is 9.75. The maximum absolute atomic E-state index is 12.1. The molecule has 1 saturated heterocycles. The molecule has 1 aromatic rings. The number of nitrogens with zero attached hydrogens (tertiary/aromatic N) is 2. The minimum Gasteiger partial charge on any atom is -0.444 e. The summed E-state index contributed by atoms with van der Waals surface area (Å²) in [6.45, 7) is 7.80. The Bertz CT molecular complexity index is 747. The lowest BCUT2D eigenvalue weighted by Gasteiger charge is -2.32. The van der Waals surface area contributed by atoms with Crippen LogP contribution >= 0.6 is 11.6 Å². The molecule has 1 heterocycles. The lowest BCUT2D eigenvalue weighted by atomic mass is 10.1. The van der Waals surface area contributed by atoms with E-state index in [4.69, 9.17) is 21.6 Å². The highest BCUT2D eigenvalue weighted by molar-refractivity contribution is 6.32. The van der Waals surface area contributed by atoms with Crippen molar-refractivity contribution in [1.29, 1.82) is 5.26 Å². The number of amides is 2. The van der Waals surface area contributed by atoms with Gasteiger partial charge in [0.2, 0.25) is 5.91 Å². The Labute approximate surface area is 171 Å². The molecule has 0 aliphatic carbocycles. The molecule has 1 aliphatic heterocycles. The molecule has 0 unspecified atom stereocenters. The minimum absolute atomic E-state index is 0.0979. The van der Waals surface area contributed by atoms with Gasteiger partial charge in [-0.2, -0.15) is 5.26 Å². The predicted molar refractivity (Wildman–Crippen MR) is 108 cm³/mol. The van der Waals surface area contributed by atoms with Gasteiger partial charge < -0.3 is 20.3 Å². The molecular formula is C20H27ClN4O3. The quantitative estimate of drug-likeness (QED) is 0.779. The number of ether oxygens (including phenoxy) is 1. The molecule has 1 aliphatic rings. The Kier molecular flexibility index (Phi) is 7.67.